The Balaban J connectivity index is 1.58. The number of rotatable bonds is 6. The quantitative estimate of drug-likeness (QED) is 0.462. The average Bonchev–Trinajstić information content (AvgIpc) is 2.69. The van der Waals surface area contributed by atoms with Crippen molar-refractivity contribution >= 4 is 35.1 Å². The molecule has 3 nitrogen and oxygen atoms in total. The van der Waals surface area contributed by atoms with Gasteiger partial charge in [0.05, 0.1) is 6.42 Å². The molecule has 0 aromatic heterocycles. The van der Waals surface area contributed by atoms with Crippen LogP contribution in [-0.4, -0.2) is 11.7 Å². The molecule has 0 aliphatic heterocycles. The van der Waals surface area contributed by atoms with Crippen molar-refractivity contribution in [3.05, 3.63) is 107 Å². The summed E-state index contributed by atoms with van der Waals surface area (Å²) in [6.45, 7) is 0. The summed E-state index contributed by atoms with van der Waals surface area (Å²) < 4.78 is 0. The second-order valence-electron chi connectivity index (χ2n) is 6.04. The molecular formula is C23H18ClNO2. The Morgan fingerprint density at radius 2 is 1.52 bits per heavy atom. The molecule has 0 fully saturated rings. The van der Waals surface area contributed by atoms with E-state index >= 15 is 0 Å². The van der Waals surface area contributed by atoms with Gasteiger partial charge in [-0.15, -0.1) is 0 Å². The molecule has 27 heavy (non-hydrogen) atoms. The molecule has 134 valence electrons. The normalized spacial score (nSPS) is 10.7. The highest BCUT2D eigenvalue weighted by atomic mass is 35.5. The van der Waals surface area contributed by atoms with Crippen LogP contribution in [0.1, 0.15) is 21.5 Å². The summed E-state index contributed by atoms with van der Waals surface area (Å²) in [5.41, 5.74) is 3.07. The number of ketones is 1. The molecule has 0 aliphatic rings. The van der Waals surface area contributed by atoms with E-state index in [2.05, 4.69) is 5.32 Å². The van der Waals surface area contributed by atoms with E-state index in [1.165, 1.54) is 0 Å². The Hall–Kier alpha value is -3.17. The number of carbonyl (C=O) groups is 2. The number of halogens is 1. The first-order valence-electron chi connectivity index (χ1n) is 8.52. The topological polar surface area (TPSA) is 46.2 Å². The van der Waals surface area contributed by atoms with E-state index < -0.39 is 0 Å². The fraction of sp³-hybridized carbons (Fsp3) is 0.0435. The van der Waals surface area contributed by atoms with Gasteiger partial charge in [0.2, 0.25) is 5.91 Å². The third-order valence-electron chi connectivity index (χ3n) is 3.96. The monoisotopic (exact) mass is 375 g/mol. The number of hydrogen-bond acceptors (Lipinski definition) is 2. The van der Waals surface area contributed by atoms with Crippen LogP contribution in [0.5, 0.6) is 0 Å². The zero-order chi connectivity index (χ0) is 19.1. The van der Waals surface area contributed by atoms with Crippen molar-refractivity contribution in [3.63, 3.8) is 0 Å². The number of carbonyl (C=O) groups excluding carboxylic acids is 2. The lowest BCUT2D eigenvalue weighted by Gasteiger charge is -2.06. The van der Waals surface area contributed by atoms with E-state index in [-0.39, 0.29) is 18.1 Å². The van der Waals surface area contributed by atoms with E-state index in [1.54, 1.807) is 48.6 Å². The summed E-state index contributed by atoms with van der Waals surface area (Å²) in [6.07, 6.45) is 3.59. The first kappa shape index (κ1) is 18.6. The second-order valence-corrected chi connectivity index (χ2v) is 6.47. The van der Waals surface area contributed by atoms with Crippen LogP contribution in [0.25, 0.3) is 6.08 Å². The van der Waals surface area contributed by atoms with E-state index in [9.17, 15) is 9.59 Å². The van der Waals surface area contributed by atoms with Gasteiger partial charge in [-0.1, -0.05) is 60.1 Å². The summed E-state index contributed by atoms with van der Waals surface area (Å²) in [6, 6.07) is 23.7. The largest absolute Gasteiger partial charge is 0.326 e. The van der Waals surface area contributed by atoms with Gasteiger partial charge in [-0.3, -0.25) is 9.59 Å². The Morgan fingerprint density at radius 1 is 0.852 bits per heavy atom. The molecule has 1 N–H and O–H groups in total. The standard InChI is InChI=1S/C23H18ClNO2/c24-20-11-6-18(7-12-20)16-23(27)25-21-13-9-19(10-14-21)22(26)15-8-17-4-2-1-3-5-17/h1-15H,16H2,(H,25,27)/b15-8+. The highest BCUT2D eigenvalue weighted by molar-refractivity contribution is 6.30. The molecule has 4 heteroatoms. The minimum absolute atomic E-state index is 0.0853. The number of amides is 1. The van der Waals surface area contributed by atoms with Gasteiger partial charge in [-0.2, -0.15) is 0 Å². The van der Waals surface area contributed by atoms with Crippen molar-refractivity contribution in [2.75, 3.05) is 5.32 Å². The van der Waals surface area contributed by atoms with Gasteiger partial charge in [0.25, 0.3) is 0 Å². The van der Waals surface area contributed by atoms with Crippen LogP contribution in [0.2, 0.25) is 5.02 Å². The molecule has 1 amide bonds. The molecule has 0 atom stereocenters. The number of allylic oxidation sites excluding steroid dienone is 1. The van der Waals surface area contributed by atoms with Crippen molar-refractivity contribution in [2.45, 2.75) is 6.42 Å². The number of benzene rings is 3. The third-order valence-corrected chi connectivity index (χ3v) is 4.21. The van der Waals surface area contributed by atoms with E-state index in [0.717, 1.165) is 11.1 Å². The number of nitrogens with one attached hydrogen (secondary N) is 1. The van der Waals surface area contributed by atoms with Crippen molar-refractivity contribution in [1.29, 1.82) is 0 Å². The van der Waals surface area contributed by atoms with E-state index in [0.29, 0.717) is 16.3 Å². The summed E-state index contributed by atoms with van der Waals surface area (Å²) >= 11 is 5.84. The summed E-state index contributed by atoms with van der Waals surface area (Å²) in [5, 5.41) is 3.47. The molecule has 3 aromatic rings. The lowest BCUT2D eigenvalue weighted by molar-refractivity contribution is -0.115. The molecule has 0 saturated heterocycles. The van der Waals surface area contributed by atoms with E-state index in [4.69, 9.17) is 11.6 Å². The number of hydrogen-bond donors (Lipinski definition) is 1. The lowest BCUT2D eigenvalue weighted by Crippen LogP contribution is -2.14. The molecule has 3 rings (SSSR count). The Kier molecular flexibility index (Phi) is 6.18. The highest BCUT2D eigenvalue weighted by Crippen LogP contribution is 2.14. The van der Waals surface area contributed by atoms with Crippen LogP contribution in [0.4, 0.5) is 5.69 Å². The van der Waals surface area contributed by atoms with Crippen molar-refractivity contribution < 1.29 is 9.59 Å². The molecule has 0 saturated carbocycles. The van der Waals surface area contributed by atoms with Crippen molar-refractivity contribution in [1.82, 2.24) is 0 Å². The molecule has 0 heterocycles. The molecule has 0 radical (unpaired) electrons. The molecule has 3 aromatic carbocycles. The first-order chi connectivity index (χ1) is 13.1. The predicted octanol–water partition coefficient (Wildman–Crippen LogP) is 5.42. The van der Waals surface area contributed by atoms with Crippen LogP contribution in [0.3, 0.4) is 0 Å². The zero-order valence-electron chi connectivity index (χ0n) is 14.6. The van der Waals surface area contributed by atoms with Gasteiger partial charge in [-0.25, -0.2) is 0 Å². The van der Waals surface area contributed by atoms with Crippen LogP contribution in [0.15, 0.2) is 84.9 Å². The maximum absolute atomic E-state index is 12.2. The van der Waals surface area contributed by atoms with Gasteiger partial charge in [-0.05, 0) is 53.6 Å². The van der Waals surface area contributed by atoms with Crippen LogP contribution < -0.4 is 5.32 Å². The molecular weight excluding hydrogens is 358 g/mol. The van der Waals surface area contributed by atoms with Gasteiger partial charge < -0.3 is 5.32 Å². The van der Waals surface area contributed by atoms with Crippen LogP contribution in [-0.2, 0) is 11.2 Å². The van der Waals surface area contributed by atoms with Crippen LogP contribution in [0, 0.1) is 0 Å². The fourth-order valence-electron chi connectivity index (χ4n) is 2.54. The van der Waals surface area contributed by atoms with Crippen LogP contribution >= 0.6 is 11.6 Å². The average molecular weight is 376 g/mol. The summed E-state index contributed by atoms with van der Waals surface area (Å²) in [5.74, 6) is -0.210. The van der Waals surface area contributed by atoms with E-state index in [1.807, 2.05) is 42.5 Å². The Bertz CT molecular complexity index is 946. The van der Waals surface area contributed by atoms with Gasteiger partial charge in [0, 0.05) is 16.3 Å². The van der Waals surface area contributed by atoms with Gasteiger partial charge in [0.1, 0.15) is 0 Å². The molecule has 0 spiro atoms. The molecule has 0 aliphatic carbocycles. The highest BCUT2D eigenvalue weighted by Gasteiger charge is 2.06. The third kappa shape index (κ3) is 5.66. The first-order valence-corrected chi connectivity index (χ1v) is 8.90. The Morgan fingerprint density at radius 3 is 2.19 bits per heavy atom. The smallest absolute Gasteiger partial charge is 0.228 e. The number of anilines is 1. The maximum Gasteiger partial charge on any atom is 0.228 e. The Labute approximate surface area is 163 Å². The minimum Gasteiger partial charge on any atom is -0.326 e. The lowest BCUT2D eigenvalue weighted by atomic mass is 10.1. The zero-order valence-corrected chi connectivity index (χ0v) is 15.3. The molecule has 0 bridgehead atoms. The summed E-state index contributed by atoms with van der Waals surface area (Å²) in [7, 11) is 0. The second kappa shape index (κ2) is 8.97. The molecule has 0 unspecified atom stereocenters. The maximum atomic E-state index is 12.2. The van der Waals surface area contributed by atoms with Gasteiger partial charge in [0.15, 0.2) is 5.78 Å². The minimum atomic E-state index is -0.125. The fourth-order valence-corrected chi connectivity index (χ4v) is 2.67. The predicted molar refractivity (Wildman–Crippen MR) is 110 cm³/mol. The van der Waals surface area contributed by atoms with Crippen molar-refractivity contribution in [3.8, 4) is 0 Å². The van der Waals surface area contributed by atoms with Crippen molar-refractivity contribution in [2.24, 2.45) is 0 Å². The van der Waals surface area contributed by atoms with Gasteiger partial charge >= 0.3 is 0 Å². The summed E-state index contributed by atoms with van der Waals surface area (Å²) in [4.78, 5) is 24.4. The SMILES string of the molecule is O=C(Cc1ccc(Cl)cc1)Nc1ccc(C(=O)/C=C/c2ccccc2)cc1.